The average Bonchev–Trinajstić information content (AvgIpc) is 2.78. The van der Waals surface area contributed by atoms with Gasteiger partial charge in [0.25, 0.3) is 10.0 Å². The number of fused-ring (bicyclic) bond motifs is 1. The highest BCUT2D eigenvalue weighted by Gasteiger charge is 2.23. The molecule has 3 rings (SSSR count). The Kier molecular flexibility index (Phi) is 3.14. The predicted molar refractivity (Wildman–Crippen MR) is 78.6 cm³/mol. The summed E-state index contributed by atoms with van der Waals surface area (Å²) in [7, 11) is -3.85. The van der Waals surface area contributed by atoms with E-state index < -0.39 is 15.8 Å². The number of rotatable bonds is 2. The Balaban J connectivity index is 2.38. The molecule has 0 spiro atoms. The molecule has 0 bridgehead atoms. The lowest BCUT2D eigenvalue weighted by molar-refractivity contribution is 0.585. The maximum absolute atomic E-state index is 14.0. The van der Waals surface area contributed by atoms with Gasteiger partial charge in [-0.15, -0.1) is 0 Å². The summed E-state index contributed by atoms with van der Waals surface area (Å²) in [6.45, 7) is 0. The van der Waals surface area contributed by atoms with Gasteiger partial charge in [0.1, 0.15) is 15.9 Å². The van der Waals surface area contributed by atoms with Crippen molar-refractivity contribution in [1.29, 1.82) is 0 Å². The number of halogens is 2. The lowest BCUT2D eigenvalue weighted by atomic mass is 10.2. The Bertz CT molecular complexity index is 888. The number of benzene rings is 2. The summed E-state index contributed by atoms with van der Waals surface area (Å²) < 4.78 is 40.6. The molecule has 0 unspecified atom stereocenters. The molecule has 102 valence electrons. The van der Waals surface area contributed by atoms with Gasteiger partial charge in [-0.2, -0.15) is 0 Å². The third-order valence-corrected chi connectivity index (χ3v) is 5.52. The van der Waals surface area contributed by atoms with Crippen molar-refractivity contribution in [3.63, 3.8) is 0 Å². The van der Waals surface area contributed by atoms with Crippen LogP contribution in [0.2, 0.25) is 0 Å². The zero-order chi connectivity index (χ0) is 14.3. The largest absolute Gasteiger partial charge is 0.269 e. The molecule has 0 amide bonds. The first-order chi connectivity index (χ1) is 9.51. The summed E-state index contributed by atoms with van der Waals surface area (Å²) in [6.07, 6.45) is 0. The molecular weight excluding hydrogens is 345 g/mol. The lowest BCUT2D eigenvalue weighted by Crippen LogP contribution is -2.13. The van der Waals surface area contributed by atoms with E-state index in [4.69, 9.17) is 0 Å². The predicted octanol–water partition coefficient (Wildman–Crippen LogP) is 3.78. The van der Waals surface area contributed by atoms with Gasteiger partial charge in [-0.1, -0.05) is 30.3 Å². The molecule has 3 nitrogen and oxygen atoms in total. The van der Waals surface area contributed by atoms with Gasteiger partial charge >= 0.3 is 0 Å². The zero-order valence-electron chi connectivity index (χ0n) is 10.1. The Morgan fingerprint density at radius 2 is 1.70 bits per heavy atom. The first-order valence-electron chi connectivity index (χ1n) is 5.78. The molecule has 0 saturated carbocycles. The van der Waals surface area contributed by atoms with Crippen LogP contribution in [0.1, 0.15) is 0 Å². The molecule has 0 aliphatic heterocycles. The smallest absolute Gasteiger partial charge is 0.224 e. The van der Waals surface area contributed by atoms with Crippen molar-refractivity contribution >= 4 is 36.9 Å². The van der Waals surface area contributed by atoms with Crippen LogP contribution in [0.25, 0.3) is 10.9 Å². The fourth-order valence-electron chi connectivity index (χ4n) is 2.09. The van der Waals surface area contributed by atoms with E-state index in [1.807, 2.05) is 0 Å². The summed E-state index contributed by atoms with van der Waals surface area (Å²) in [5.41, 5.74) is 0.0447. The highest BCUT2D eigenvalue weighted by molar-refractivity contribution is 9.10. The van der Waals surface area contributed by atoms with Crippen LogP contribution in [0.15, 0.2) is 64.1 Å². The Labute approximate surface area is 123 Å². The summed E-state index contributed by atoms with van der Waals surface area (Å²) in [4.78, 5) is 0.112. The highest BCUT2D eigenvalue weighted by Crippen LogP contribution is 2.30. The second kappa shape index (κ2) is 4.71. The summed E-state index contributed by atoms with van der Waals surface area (Å²) in [5, 5.41) is 0.524. The average molecular weight is 354 g/mol. The van der Waals surface area contributed by atoms with Crippen LogP contribution in [-0.4, -0.2) is 12.4 Å². The number of hydrogen-bond acceptors (Lipinski definition) is 2. The standard InChI is InChI=1S/C14H9BrFNO2S/c15-13-9-10-5-4-8-12(16)14(10)17(13)20(18,19)11-6-2-1-3-7-11/h1-9H. The molecule has 0 aliphatic rings. The third kappa shape index (κ3) is 1.96. The molecule has 0 saturated heterocycles. The van der Waals surface area contributed by atoms with Crippen LogP contribution in [0.5, 0.6) is 0 Å². The van der Waals surface area contributed by atoms with Crippen LogP contribution >= 0.6 is 15.9 Å². The van der Waals surface area contributed by atoms with Crippen LogP contribution in [0.4, 0.5) is 4.39 Å². The van der Waals surface area contributed by atoms with Crippen LogP contribution < -0.4 is 0 Å². The number of aromatic nitrogens is 1. The Morgan fingerprint density at radius 1 is 1.00 bits per heavy atom. The van der Waals surface area contributed by atoms with Crippen molar-refractivity contribution < 1.29 is 12.8 Å². The van der Waals surface area contributed by atoms with E-state index in [1.54, 1.807) is 36.4 Å². The molecule has 3 aromatic rings. The summed E-state index contributed by atoms with van der Waals surface area (Å²) >= 11 is 3.19. The molecule has 0 atom stereocenters. The van der Waals surface area contributed by atoms with E-state index in [9.17, 15) is 12.8 Å². The maximum atomic E-state index is 14.0. The highest BCUT2D eigenvalue weighted by atomic mass is 79.9. The van der Waals surface area contributed by atoms with E-state index in [0.29, 0.717) is 9.99 Å². The molecule has 2 aromatic carbocycles. The van der Waals surface area contributed by atoms with Crippen LogP contribution in [0, 0.1) is 5.82 Å². The van der Waals surface area contributed by atoms with Crippen molar-refractivity contribution in [2.24, 2.45) is 0 Å². The number of para-hydroxylation sites is 1. The van der Waals surface area contributed by atoms with Crippen LogP contribution in [0.3, 0.4) is 0 Å². The van der Waals surface area contributed by atoms with Crippen molar-refractivity contribution in [2.45, 2.75) is 4.90 Å². The Hall–Kier alpha value is -1.66. The first kappa shape index (κ1) is 13.3. The minimum Gasteiger partial charge on any atom is -0.224 e. The van der Waals surface area contributed by atoms with E-state index in [2.05, 4.69) is 15.9 Å². The van der Waals surface area contributed by atoms with Crippen molar-refractivity contribution in [1.82, 2.24) is 3.97 Å². The minimum atomic E-state index is -3.85. The van der Waals surface area contributed by atoms with Gasteiger partial charge < -0.3 is 0 Å². The molecule has 6 heteroatoms. The first-order valence-corrected chi connectivity index (χ1v) is 8.01. The third-order valence-electron chi connectivity index (χ3n) is 2.97. The monoisotopic (exact) mass is 353 g/mol. The quantitative estimate of drug-likeness (QED) is 0.703. The van der Waals surface area contributed by atoms with Gasteiger partial charge in [0.2, 0.25) is 0 Å². The van der Waals surface area contributed by atoms with Crippen molar-refractivity contribution in [3.05, 3.63) is 65.0 Å². The van der Waals surface area contributed by atoms with Gasteiger partial charge in [0.15, 0.2) is 0 Å². The fraction of sp³-hybridized carbons (Fsp3) is 0. The van der Waals surface area contributed by atoms with E-state index in [1.165, 1.54) is 18.2 Å². The minimum absolute atomic E-state index is 0.0447. The van der Waals surface area contributed by atoms with Crippen LogP contribution in [-0.2, 0) is 10.0 Å². The van der Waals surface area contributed by atoms with E-state index in [0.717, 1.165) is 3.97 Å². The molecule has 0 radical (unpaired) electrons. The van der Waals surface area contributed by atoms with Gasteiger partial charge in [0.05, 0.1) is 4.90 Å². The normalized spacial score (nSPS) is 11.9. The molecule has 0 N–H and O–H groups in total. The fourth-order valence-corrected chi connectivity index (χ4v) is 4.51. The molecular formula is C14H9BrFNO2S. The molecule has 1 heterocycles. The van der Waals surface area contributed by atoms with Gasteiger partial charge in [-0.25, -0.2) is 16.8 Å². The van der Waals surface area contributed by atoms with Gasteiger partial charge in [-0.3, -0.25) is 0 Å². The Morgan fingerprint density at radius 3 is 2.40 bits per heavy atom. The maximum Gasteiger partial charge on any atom is 0.269 e. The summed E-state index contributed by atoms with van der Waals surface area (Å²) in [5.74, 6) is -0.576. The number of nitrogens with zero attached hydrogens (tertiary/aromatic N) is 1. The summed E-state index contributed by atoms with van der Waals surface area (Å²) in [6, 6.07) is 14.0. The molecule has 20 heavy (non-hydrogen) atoms. The second-order valence-corrected chi connectivity index (χ2v) is 6.83. The zero-order valence-corrected chi connectivity index (χ0v) is 12.5. The lowest BCUT2D eigenvalue weighted by Gasteiger charge is -2.09. The molecule has 0 fully saturated rings. The van der Waals surface area contributed by atoms with Crippen molar-refractivity contribution in [2.75, 3.05) is 0 Å². The van der Waals surface area contributed by atoms with Gasteiger partial charge in [-0.05, 0) is 40.2 Å². The number of hydrogen-bond donors (Lipinski definition) is 0. The second-order valence-electron chi connectivity index (χ2n) is 4.23. The molecule has 1 aromatic heterocycles. The topological polar surface area (TPSA) is 39.1 Å². The van der Waals surface area contributed by atoms with Gasteiger partial charge in [0, 0.05) is 5.39 Å². The SMILES string of the molecule is O=S(=O)(c1ccccc1)n1c(Br)cc2cccc(F)c21. The van der Waals surface area contributed by atoms with E-state index >= 15 is 0 Å². The van der Waals surface area contributed by atoms with E-state index in [-0.39, 0.29) is 10.4 Å². The molecule has 0 aliphatic carbocycles. The van der Waals surface area contributed by atoms with Crippen molar-refractivity contribution in [3.8, 4) is 0 Å².